The highest BCUT2D eigenvalue weighted by Gasteiger charge is 2.44. The van der Waals surface area contributed by atoms with Crippen LogP contribution < -0.4 is 0 Å². The molecule has 1 atom stereocenters. The van der Waals surface area contributed by atoms with Crippen molar-refractivity contribution < 1.29 is 14.3 Å². The highest BCUT2D eigenvalue weighted by Crippen LogP contribution is 2.38. The van der Waals surface area contributed by atoms with Crippen LogP contribution in [0.3, 0.4) is 0 Å². The highest BCUT2D eigenvalue weighted by molar-refractivity contribution is 5.89. The minimum atomic E-state index is -0.523. The minimum absolute atomic E-state index is 0.229. The molecule has 5 rings (SSSR count). The molecule has 0 N–H and O–H groups in total. The molecule has 1 amide bonds. The van der Waals surface area contributed by atoms with Gasteiger partial charge in [0, 0.05) is 43.8 Å². The lowest BCUT2D eigenvalue weighted by molar-refractivity contribution is -0.141. The first-order valence-corrected chi connectivity index (χ1v) is 12.4. The SMILES string of the molecule is Cc1cc(C)cc(C2(C(=O)N3CCOC[C@H](Cc4cccc5cccnc45)C3)CCOCC2)c1. The lowest BCUT2D eigenvalue weighted by Crippen LogP contribution is -2.51. The quantitative estimate of drug-likeness (QED) is 0.573. The largest absolute Gasteiger partial charge is 0.381 e. The van der Waals surface area contributed by atoms with Crippen LogP contribution in [0.25, 0.3) is 10.9 Å². The minimum Gasteiger partial charge on any atom is -0.381 e. The van der Waals surface area contributed by atoms with Crippen LogP contribution >= 0.6 is 0 Å². The van der Waals surface area contributed by atoms with Gasteiger partial charge in [-0.25, -0.2) is 0 Å². The Kier molecular flexibility index (Phi) is 6.66. The monoisotopic (exact) mass is 458 g/mol. The summed E-state index contributed by atoms with van der Waals surface area (Å²) in [7, 11) is 0. The summed E-state index contributed by atoms with van der Waals surface area (Å²) in [6.45, 7) is 8.04. The normalized spacial score (nSPS) is 20.8. The second-order valence-corrected chi connectivity index (χ2v) is 9.96. The third-order valence-electron chi connectivity index (χ3n) is 7.38. The average Bonchev–Trinajstić information content (AvgIpc) is 3.09. The Morgan fingerprint density at radius 3 is 2.59 bits per heavy atom. The van der Waals surface area contributed by atoms with Crippen molar-refractivity contribution in [2.45, 2.75) is 38.5 Å². The van der Waals surface area contributed by atoms with E-state index in [1.807, 2.05) is 12.3 Å². The van der Waals surface area contributed by atoms with E-state index in [1.54, 1.807) is 0 Å². The van der Waals surface area contributed by atoms with Gasteiger partial charge in [0.25, 0.3) is 0 Å². The molecule has 2 saturated heterocycles. The van der Waals surface area contributed by atoms with Gasteiger partial charge in [-0.2, -0.15) is 0 Å². The fourth-order valence-electron chi connectivity index (χ4n) is 5.73. The molecule has 5 nitrogen and oxygen atoms in total. The third kappa shape index (κ3) is 4.59. The lowest BCUT2D eigenvalue weighted by atomic mass is 9.72. The van der Waals surface area contributed by atoms with Gasteiger partial charge in [0.05, 0.1) is 24.1 Å². The zero-order valence-corrected chi connectivity index (χ0v) is 20.3. The van der Waals surface area contributed by atoms with E-state index in [-0.39, 0.29) is 11.8 Å². The van der Waals surface area contributed by atoms with E-state index >= 15 is 0 Å². The number of hydrogen-bond donors (Lipinski definition) is 0. The molecule has 178 valence electrons. The highest BCUT2D eigenvalue weighted by atomic mass is 16.5. The maximum atomic E-state index is 14.3. The van der Waals surface area contributed by atoms with E-state index in [4.69, 9.17) is 9.47 Å². The Hall–Kier alpha value is -2.76. The van der Waals surface area contributed by atoms with Crippen molar-refractivity contribution in [1.82, 2.24) is 9.88 Å². The van der Waals surface area contributed by atoms with Gasteiger partial charge in [0.1, 0.15) is 0 Å². The molecule has 3 aromatic rings. The number of aromatic nitrogens is 1. The zero-order chi connectivity index (χ0) is 23.5. The van der Waals surface area contributed by atoms with Crippen molar-refractivity contribution in [2.24, 2.45) is 5.92 Å². The molecule has 0 aliphatic carbocycles. The van der Waals surface area contributed by atoms with Crippen molar-refractivity contribution in [3.8, 4) is 0 Å². The fraction of sp³-hybridized carbons (Fsp3) is 0.448. The molecule has 5 heteroatoms. The Balaban J connectivity index is 1.42. The van der Waals surface area contributed by atoms with Crippen LogP contribution in [0.15, 0.2) is 54.7 Å². The van der Waals surface area contributed by atoms with Crippen LogP contribution in [0.4, 0.5) is 0 Å². The Bertz CT molecular complexity index is 1140. The van der Waals surface area contributed by atoms with E-state index in [0.29, 0.717) is 39.5 Å². The summed E-state index contributed by atoms with van der Waals surface area (Å²) in [4.78, 5) is 21.0. The molecule has 34 heavy (non-hydrogen) atoms. The predicted molar refractivity (Wildman–Crippen MR) is 134 cm³/mol. The van der Waals surface area contributed by atoms with E-state index in [1.165, 1.54) is 16.7 Å². The number of benzene rings is 2. The molecule has 0 saturated carbocycles. The molecule has 0 spiro atoms. The molecule has 2 aliphatic rings. The van der Waals surface area contributed by atoms with Gasteiger partial charge in [-0.05, 0) is 50.3 Å². The summed E-state index contributed by atoms with van der Waals surface area (Å²) in [5, 5.41) is 1.15. The number of hydrogen-bond acceptors (Lipinski definition) is 4. The molecular formula is C29H34N2O3. The van der Waals surface area contributed by atoms with Gasteiger partial charge >= 0.3 is 0 Å². The number of ether oxygens (including phenoxy) is 2. The van der Waals surface area contributed by atoms with Gasteiger partial charge in [0.2, 0.25) is 5.91 Å². The summed E-state index contributed by atoms with van der Waals surface area (Å²) < 4.78 is 11.7. The van der Waals surface area contributed by atoms with E-state index in [9.17, 15) is 4.79 Å². The number of carbonyl (C=O) groups excluding carboxylic acids is 1. The second-order valence-electron chi connectivity index (χ2n) is 9.96. The average molecular weight is 459 g/mol. The van der Waals surface area contributed by atoms with Crippen LogP contribution in [0, 0.1) is 19.8 Å². The lowest BCUT2D eigenvalue weighted by Gasteiger charge is -2.40. The molecule has 1 aromatic heterocycles. The molecular weight excluding hydrogens is 424 g/mol. The zero-order valence-electron chi connectivity index (χ0n) is 20.3. The first-order chi connectivity index (χ1) is 16.5. The van der Waals surface area contributed by atoms with Crippen molar-refractivity contribution in [3.05, 3.63) is 77.0 Å². The number of fused-ring (bicyclic) bond motifs is 1. The number of pyridine rings is 1. The van der Waals surface area contributed by atoms with Crippen molar-refractivity contribution in [3.63, 3.8) is 0 Å². The van der Waals surface area contributed by atoms with Gasteiger partial charge in [0.15, 0.2) is 0 Å². The van der Waals surface area contributed by atoms with E-state index < -0.39 is 5.41 Å². The Labute approximate surface area is 202 Å². The van der Waals surface area contributed by atoms with Gasteiger partial charge in [-0.15, -0.1) is 0 Å². The molecule has 0 bridgehead atoms. The van der Waals surface area contributed by atoms with E-state index in [2.05, 4.69) is 66.2 Å². The smallest absolute Gasteiger partial charge is 0.233 e. The number of carbonyl (C=O) groups is 1. The topological polar surface area (TPSA) is 51.7 Å². The number of para-hydroxylation sites is 1. The van der Waals surface area contributed by atoms with Crippen molar-refractivity contribution >= 4 is 16.8 Å². The maximum Gasteiger partial charge on any atom is 0.233 e. The second kappa shape index (κ2) is 9.85. The van der Waals surface area contributed by atoms with Crippen molar-refractivity contribution in [2.75, 3.05) is 39.5 Å². The van der Waals surface area contributed by atoms with Crippen LogP contribution in [0.5, 0.6) is 0 Å². The number of nitrogens with zero attached hydrogens (tertiary/aromatic N) is 2. The number of amides is 1. The standard InChI is InChI=1S/C29H34N2O3/c1-21-15-22(2)17-26(16-21)29(8-12-33-13-9-29)28(32)31-11-14-34-20-23(19-31)18-25-6-3-5-24-7-4-10-30-27(24)25/h3-7,10,15-17,23H,8-9,11-14,18-20H2,1-2H3/t23-/m1/s1. The number of aryl methyl sites for hydroxylation is 2. The van der Waals surface area contributed by atoms with Crippen LogP contribution in [-0.4, -0.2) is 55.3 Å². The molecule has 2 aromatic carbocycles. The summed E-state index contributed by atoms with van der Waals surface area (Å²) in [5.74, 6) is 0.461. The Morgan fingerprint density at radius 2 is 1.79 bits per heavy atom. The van der Waals surface area contributed by atoms with E-state index in [0.717, 1.165) is 35.7 Å². The molecule has 0 radical (unpaired) electrons. The first kappa shape index (κ1) is 23.0. The van der Waals surface area contributed by atoms with Crippen molar-refractivity contribution in [1.29, 1.82) is 0 Å². The summed E-state index contributed by atoms with van der Waals surface area (Å²) in [5.41, 5.74) is 5.28. The first-order valence-electron chi connectivity index (χ1n) is 12.4. The molecule has 2 aliphatic heterocycles. The summed E-state index contributed by atoms with van der Waals surface area (Å²) >= 11 is 0. The summed E-state index contributed by atoms with van der Waals surface area (Å²) in [6, 6.07) is 17.0. The predicted octanol–water partition coefficient (Wildman–Crippen LogP) is 4.62. The van der Waals surface area contributed by atoms with Gasteiger partial charge < -0.3 is 14.4 Å². The van der Waals surface area contributed by atoms with Crippen LogP contribution in [0.1, 0.15) is 35.1 Å². The molecule has 0 unspecified atom stereocenters. The number of rotatable bonds is 4. The van der Waals surface area contributed by atoms with Gasteiger partial charge in [-0.3, -0.25) is 9.78 Å². The molecule has 2 fully saturated rings. The Morgan fingerprint density at radius 1 is 1.03 bits per heavy atom. The fourth-order valence-corrected chi connectivity index (χ4v) is 5.73. The van der Waals surface area contributed by atoms with Crippen LogP contribution in [0.2, 0.25) is 0 Å². The maximum absolute atomic E-state index is 14.3. The van der Waals surface area contributed by atoms with Crippen LogP contribution in [-0.2, 0) is 26.1 Å². The van der Waals surface area contributed by atoms with Gasteiger partial charge in [-0.1, -0.05) is 53.6 Å². The third-order valence-corrected chi connectivity index (χ3v) is 7.38. The molecule has 3 heterocycles. The summed E-state index contributed by atoms with van der Waals surface area (Å²) in [6.07, 6.45) is 4.15.